The van der Waals surface area contributed by atoms with Gasteiger partial charge in [-0.2, -0.15) is 0 Å². The van der Waals surface area contributed by atoms with E-state index < -0.39 is 0 Å². The third-order valence-electron chi connectivity index (χ3n) is 2.17. The minimum Gasteiger partial charge on any atom is -0.310 e. The van der Waals surface area contributed by atoms with Crippen LogP contribution >= 0.6 is 24.0 Å². The molecule has 0 amide bonds. The van der Waals surface area contributed by atoms with E-state index in [1.54, 1.807) is 12.1 Å². The van der Waals surface area contributed by atoms with Crippen LogP contribution in [-0.2, 0) is 0 Å². The number of hydrogen-bond donors (Lipinski definition) is 1. The monoisotopic (exact) mass is 221 g/mol. The zero-order valence-corrected chi connectivity index (χ0v) is 8.46. The van der Waals surface area contributed by atoms with Gasteiger partial charge in [0, 0.05) is 16.6 Å². The Morgan fingerprint density at radius 2 is 2.15 bits per heavy atom. The Hall–Kier alpha value is -0.310. The predicted octanol–water partition coefficient (Wildman–Crippen LogP) is 2.94. The van der Waals surface area contributed by atoms with Crippen LogP contribution in [0.2, 0.25) is 5.02 Å². The largest absolute Gasteiger partial charge is 0.310 e. The summed E-state index contributed by atoms with van der Waals surface area (Å²) in [5, 5.41) is 3.64. The molecule has 1 nitrogen and oxygen atoms in total. The summed E-state index contributed by atoms with van der Waals surface area (Å²) in [7, 11) is 0. The number of halogens is 3. The maximum atomic E-state index is 13.2. The molecule has 13 heavy (non-hydrogen) atoms. The normalized spacial score (nSPS) is 20.3. The van der Waals surface area contributed by atoms with Gasteiger partial charge in [-0.3, -0.25) is 0 Å². The summed E-state index contributed by atoms with van der Waals surface area (Å²) in [4.78, 5) is 0. The molecule has 0 aromatic heterocycles. The molecule has 2 rings (SSSR count). The van der Waals surface area contributed by atoms with Crippen molar-refractivity contribution in [2.45, 2.75) is 12.5 Å². The summed E-state index contributed by atoms with van der Waals surface area (Å²) >= 11 is 5.86. The molecule has 72 valence electrons. The van der Waals surface area contributed by atoms with Gasteiger partial charge in [0.2, 0.25) is 0 Å². The lowest BCUT2D eigenvalue weighted by Crippen LogP contribution is -2.35. The Morgan fingerprint density at radius 1 is 1.46 bits per heavy atom. The summed E-state index contributed by atoms with van der Waals surface area (Å²) < 4.78 is 13.2. The molecule has 1 N–H and O–H groups in total. The van der Waals surface area contributed by atoms with Crippen molar-refractivity contribution in [1.82, 2.24) is 5.32 Å². The van der Waals surface area contributed by atoms with Crippen LogP contribution in [-0.4, -0.2) is 6.54 Å². The summed E-state index contributed by atoms with van der Waals surface area (Å²) in [6.45, 7) is 0.954. The van der Waals surface area contributed by atoms with Crippen molar-refractivity contribution >= 4 is 24.0 Å². The van der Waals surface area contributed by atoms with Crippen LogP contribution in [0.4, 0.5) is 4.39 Å². The van der Waals surface area contributed by atoms with E-state index in [1.807, 2.05) is 0 Å². The Morgan fingerprint density at radius 3 is 2.62 bits per heavy atom. The van der Waals surface area contributed by atoms with Crippen LogP contribution in [0.1, 0.15) is 18.0 Å². The van der Waals surface area contributed by atoms with Gasteiger partial charge in [0.25, 0.3) is 0 Å². The molecule has 1 aromatic carbocycles. The fourth-order valence-electron chi connectivity index (χ4n) is 1.38. The molecular formula is C9H10Cl2FN. The second kappa shape index (κ2) is 4.27. The minimum absolute atomic E-state index is 0. The molecule has 0 radical (unpaired) electrons. The highest BCUT2D eigenvalue weighted by atomic mass is 35.5. The average molecular weight is 222 g/mol. The molecule has 0 saturated carbocycles. The van der Waals surface area contributed by atoms with E-state index in [4.69, 9.17) is 11.6 Å². The highest BCUT2D eigenvalue weighted by molar-refractivity contribution is 6.31. The van der Waals surface area contributed by atoms with Gasteiger partial charge in [-0.1, -0.05) is 17.7 Å². The fourth-order valence-corrected chi connectivity index (χ4v) is 1.67. The molecule has 4 heteroatoms. The van der Waals surface area contributed by atoms with Crippen LogP contribution in [0, 0.1) is 5.82 Å². The molecule has 1 atom stereocenters. The molecule has 1 heterocycles. The second-order valence-corrected chi connectivity index (χ2v) is 3.34. The lowest BCUT2D eigenvalue weighted by Gasteiger charge is -2.28. The zero-order chi connectivity index (χ0) is 8.55. The summed E-state index contributed by atoms with van der Waals surface area (Å²) in [6.07, 6.45) is 0.973. The quantitative estimate of drug-likeness (QED) is 0.770. The summed E-state index contributed by atoms with van der Waals surface area (Å²) in [6, 6.07) is 4.92. The first kappa shape index (κ1) is 10.8. The smallest absolute Gasteiger partial charge is 0.129 e. The van der Waals surface area contributed by atoms with Gasteiger partial charge < -0.3 is 5.32 Å². The number of nitrogens with one attached hydrogen (secondary N) is 1. The second-order valence-electron chi connectivity index (χ2n) is 2.93. The van der Waals surface area contributed by atoms with E-state index in [0.717, 1.165) is 13.0 Å². The van der Waals surface area contributed by atoms with E-state index in [2.05, 4.69) is 5.32 Å². The number of rotatable bonds is 1. The lowest BCUT2D eigenvalue weighted by atomic mass is 9.97. The first-order valence-corrected chi connectivity index (χ1v) is 4.34. The lowest BCUT2D eigenvalue weighted by molar-refractivity contribution is 0.370. The predicted molar refractivity (Wildman–Crippen MR) is 54.0 cm³/mol. The molecule has 1 fully saturated rings. The van der Waals surface area contributed by atoms with Gasteiger partial charge in [-0.15, -0.1) is 12.4 Å². The highest BCUT2D eigenvalue weighted by Gasteiger charge is 2.23. The molecule has 1 aliphatic rings. The Bertz CT molecular complexity index is 279. The van der Waals surface area contributed by atoms with E-state index in [-0.39, 0.29) is 24.3 Å². The summed E-state index contributed by atoms with van der Waals surface area (Å²) in [5.74, 6) is -0.209. The molecule has 0 unspecified atom stereocenters. The summed E-state index contributed by atoms with van der Waals surface area (Å²) in [5.41, 5.74) is 0.616. The number of benzene rings is 1. The van der Waals surface area contributed by atoms with Gasteiger partial charge in [-0.05, 0) is 25.1 Å². The fraction of sp³-hybridized carbons (Fsp3) is 0.333. The first-order valence-electron chi connectivity index (χ1n) is 3.96. The van der Waals surface area contributed by atoms with Gasteiger partial charge >= 0.3 is 0 Å². The van der Waals surface area contributed by atoms with Crippen LogP contribution in [0.5, 0.6) is 0 Å². The molecule has 0 aliphatic carbocycles. The van der Waals surface area contributed by atoms with Crippen LogP contribution in [0.3, 0.4) is 0 Å². The van der Waals surface area contributed by atoms with Gasteiger partial charge in [0.05, 0.1) is 0 Å². The van der Waals surface area contributed by atoms with Crippen molar-refractivity contribution in [2.24, 2.45) is 0 Å². The van der Waals surface area contributed by atoms with Crippen molar-refractivity contribution in [3.8, 4) is 0 Å². The van der Waals surface area contributed by atoms with Gasteiger partial charge in [0.1, 0.15) is 5.82 Å². The van der Waals surface area contributed by atoms with Crippen molar-refractivity contribution in [1.29, 1.82) is 0 Å². The molecular weight excluding hydrogens is 212 g/mol. The van der Waals surface area contributed by atoms with Crippen molar-refractivity contribution in [2.75, 3.05) is 6.54 Å². The SMILES string of the molecule is Cl.Fc1cccc(Cl)c1[C@H]1CCN1. The highest BCUT2D eigenvalue weighted by Crippen LogP contribution is 2.31. The van der Waals surface area contributed by atoms with E-state index >= 15 is 0 Å². The van der Waals surface area contributed by atoms with Crippen molar-refractivity contribution < 1.29 is 4.39 Å². The van der Waals surface area contributed by atoms with Crippen molar-refractivity contribution in [3.05, 3.63) is 34.6 Å². The van der Waals surface area contributed by atoms with Crippen LogP contribution in [0.15, 0.2) is 18.2 Å². The zero-order valence-electron chi connectivity index (χ0n) is 6.89. The Kier molecular flexibility index (Phi) is 3.54. The molecule has 0 bridgehead atoms. The first-order chi connectivity index (χ1) is 5.79. The van der Waals surface area contributed by atoms with Gasteiger partial charge in [-0.25, -0.2) is 4.39 Å². The van der Waals surface area contributed by atoms with Crippen LogP contribution in [0.25, 0.3) is 0 Å². The maximum Gasteiger partial charge on any atom is 0.129 e. The maximum absolute atomic E-state index is 13.2. The van der Waals surface area contributed by atoms with E-state index in [0.29, 0.717) is 10.6 Å². The average Bonchev–Trinajstić information content (AvgIpc) is 1.93. The van der Waals surface area contributed by atoms with Gasteiger partial charge in [0.15, 0.2) is 0 Å². The molecule has 1 aliphatic heterocycles. The van der Waals surface area contributed by atoms with E-state index in [9.17, 15) is 4.39 Å². The number of hydrogen-bond acceptors (Lipinski definition) is 1. The third-order valence-corrected chi connectivity index (χ3v) is 2.50. The van der Waals surface area contributed by atoms with Crippen molar-refractivity contribution in [3.63, 3.8) is 0 Å². The third kappa shape index (κ3) is 1.96. The molecule has 1 aromatic rings. The Labute approximate surface area is 87.7 Å². The minimum atomic E-state index is -0.209. The van der Waals surface area contributed by atoms with Crippen LogP contribution < -0.4 is 5.32 Å². The molecule has 0 spiro atoms. The molecule has 1 saturated heterocycles. The Balaban J connectivity index is 0.000000845. The topological polar surface area (TPSA) is 12.0 Å². The standard InChI is InChI=1S/C9H9ClFN.ClH/c10-6-2-1-3-7(11)9(6)8-4-5-12-8;/h1-3,8,12H,4-5H2;1H/t8-;/m1./s1. The van der Waals surface area contributed by atoms with E-state index in [1.165, 1.54) is 6.07 Å².